The molecule has 2 rings (SSSR count). The van der Waals surface area contributed by atoms with E-state index in [0.29, 0.717) is 12.0 Å². The van der Waals surface area contributed by atoms with Crippen LogP contribution in [0.2, 0.25) is 0 Å². The van der Waals surface area contributed by atoms with Crippen LogP contribution in [0.1, 0.15) is 72.4 Å². The maximum absolute atomic E-state index is 14.6. The quantitative estimate of drug-likeness (QED) is 0.433. The number of benzene rings is 2. The Bertz CT molecular complexity index is 987. The van der Waals surface area contributed by atoms with Gasteiger partial charge in [0.15, 0.2) is 0 Å². The highest BCUT2D eigenvalue weighted by Gasteiger charge is 2.35. The number of amides is 2. The summed E-state index contributed by atoms with van der Waals surface area (Å²) in [6.07, 6.45) is 1.41. The summed E-state index contributed by atoms with van der Waals surface area (Å²) in [7, 11) is -2.11. The van der Waals surface area contributed by atoms with E-state index in [1.54, 1.807) is 12.1 Å². The standard InChI is InChI=1S/C24H32BFN2O5/c1-7-8-21(24(4,5)6)28(23(30)17-12-15(2)11-16(3)13-17)27-22(29)19-10-9-18(14-20(19)26)33-25(31)32/h9-14,21,31-32H,7-8H2,1-6H3,(H,27,29)/t21-/m1/s1. The van der Waals surface area contributed by atoms with Gasteiger partial charge in [-0.15, -0.1) is 0 Å². The topological polar surface area (TPSA) is 99.1 Å². The zero-order valence-corrected chi connectivity index (χ0v) is 20.0. The van der Waals surface area contributed by atoms with Crippen LogP contribution in [0.3, 0.4) is 0 Å². The van der Waals surface area contributed by atoms with Crippen LogP contribution in [-0.2, 0) is 0 Å². The average molecular weight is 458 g/mol. The fraction of sp³-hybridized carbons (Fsp3) is 0.417. The molecule has 178 valence electrons. The van der Waals surface area contributed by atoms with Gasteiger partial charge >= 0.3 is 7.32 Å². The summed E-state index contributed by atoms with van der Waals surface area (Å²) in [4.78, 5) is 26.6. The van der Waals surface area contributed by atoms with E-state index in [-0.39, 0.29) is 28.7 Å². The van der Waals surface area contributed by atoms with Crippen LogP contribution in [0.5, 0.6) is 5.75 Å². The highest BCUT2D eigenvalue weighted by molar-refractivity contribution is 6.33. The van der Waals surface area contributed by atoms with E-state index < -0.39 is 19.0 Å². The molecule has 0 heterocycles. The zero-order valence-electron chi connectivity index (χ0n) is 20.0. The second-order valence-corrected chi connectivity index (χ2v) is 9.25. The van der Waals surface area contributed by atoms with Crippen molar-refractivity contribution in [1.82, 2.24) is 10.4 Å². The van der Waals surface area contributed by atoms with Gasteiger partial charge in [0.1, 0.15) is 11.6 Å². The summed E-state index contributed by atoms with van der Waals surface area (Å²) in [5.41, 5.74) is 4.21. The molecule has 2 aromatic carbocycles. The van der Waals surface area contributed by atoms with Gasteiger partial charge in [-0.25, -0.2) is 9.40 Å². The smallest absolute Gasteiger partial charge is 0.512 e. The van der Waals surface area contributed by atoms with Crippen LogP contribution in [-0.4, -0.2) is 40.2 Å². The number of hydrazine groups is 1. The molecule has 0 bridgehead atoms. The Kier molecular flexibility index (Phi) is 8.63. The van der Waals surface area contributed by atoms with Crippen LogP contribution < -0.4 is 10.1 Å². The van der Waals surface area contributed by atoms with Gasteiger partial charge in [-0.05, 0) is 49.9 Å². The Morgan fingerprint density at radius 3 is 2.21 bits per heavy atom. The van der Waals surface area contributed by atoms with Gasteiger partial charge in [0.05, 0.1) is 11.6 Å². The maximum Gasteiger partial charge on any atom is 0.707 e. The molecule has 0 aliphatic carbocycles. The highest BCUT2D eigenvalue weighted by atomic mass is 19.1. The molecule has 33 heavy (non-hydrogen) atoms. The molecule has 0 radical (unpaired) electrons. The first-order valence-corrected chi connectivity index (χ1v) is 10.9. The molecule has 0 fully saturated rings. The highest BCUT2D eigenvalue weighted by Crippen LogP contribution is 2.29. The third-order valence-corrected chi connectivity index (χ3v) is 5.21. The molecular weight excluding hydrogens is 426 g/mol. The first-order valence-electron chi connectivity index (χ1n) is 10.9. The summed E-state index contributed by atoms with van der Waals surface area (Å²) >= 11 is 0. The van der Waals surface area contributed by atoms with E-state index in [1.807, 2.05) is 47.6 Å². The van der Waals surface area contributed by atoms with E-state index in [1.165, 1.54) is 11.1 Å². The van der Waals surface area contributed by atoms with Crippen LogP contribution in [0.25, 0.3) is 0 Å². The predicted octanol–water partition coefficient (Wildman–Crippen LogP) is 3.79. The minimum atomic E-state index is -2.11. The molecule has 0 spiro atoms. The number of aryl methyl sites for hydroxylation is 2. The van der Waals surface area contributed by atoms with Crippen molar-refractivity contribution in [2.45, 2.75) is 60.4 Å². The lowest BCUT2D eigenvalue weighted by Crippen LogP contribution is -2.56. The van der Waals surface area contributed by atoms with Crippen molar-refractivity contribution >= 4 is 19.1 Å². The average Bonchev–Trinajstić information content (AvgIpc) is 2.68. The van der Waals surface area contributed by atoms with Crippen molar-refractivity contribution in [3.05, 3.63) is 64.5 Å². The number of halogens is 1. The van der Waals surface area contributed by atoms with Gasteiger partial charge in [-0.2, -0.15) is 0 Å². The fourth-order valence-electron chi connectivity index (χ4n) is 3.77. The normalized spacial score (nSPS) is 12.2. The molecule has 0 saturated heterocycles. The van der Waals surface area contributed by atoms with Crippen molar-refractivity contribution in [1.29, 1.82) is 0 Å². The number of hydrogen-bond donors (Lipinski definition) is 3. The third-order valence-electron chi connectivity index (χ3n) is 5.21. The lowest BCUT2D eigenvalue weighted by atomic mass is 9.83. The van der Waals surface area contributed by atoms with Crippen LogP contribution in [0.15, 0.2) is 36.4 Å². The van der Waals surface area contributed by atoms with Crippen LogP contribution in [0.4, 0.5) is 4.39 Å². The minimum Gasteiger partial charge on any atom is -0.512 e. The van der Waals surface area contributed by atoms with Crippen molar-refractivity contribution in [3.8, 4) is 5.75 Å². The molecule has 0 saturated carbocycles. The van der Waals surface area contributed by atoms with E-state index in [0.717, 1.165) is 29.7 Å². The van der Waals surface area contributed by atoms with Gasteiger partial charge in [0, 0.05) is 11.6 Å². The second-order valence-electron chi connectivity index (χ2n) is 9.25. The number of carbonyl (C=O) groups is 2. The molecule has 7 nitrogen and oxygen atoms in total. The van der Waals surface area contributed by atoms with Crippen molar-refractivity contribution in [2.24, 2.45) is 5.41 Å². The number of rotatable bonds is 7. The van der Waals surface area contributed by atoms with Crippen LogP contribution >= 0.6 is 0 Å². The van der Waals surface area contributed by atoms with Gasteiger partial charge in [0.2, 0.25) is 0 Å². The zero-order chi connectivity index (χ0) is 24.9. The molecule has 9 heteroatoms. The molecule has 2 amide bonds. The van der Waals surface area contributed by atoms with Crippen molar-refractivity contribution < 1.29 is 28.7 Å². The Morgan fingerprint density at radius 1 is 1.12 bits per heavy atom. The summed E-state index contributed by atoms with van der Waals surface area (Å²) in [6.45, 7) is 11.7. The number of hydrogen-bond acceptors (Lipinski definition) is 5. The van der Waals surface area contributed by atoms with Crippen molar-refractivity contribution in [2.75, 3.05) is 0 Å². The lowest BCUT2D eigenvalue weighted by Gasteiger charge is -2.40. The van der Waals surface area contributed by atoms with Crippen LogP contribution in [0, 0.1) is 25.1 Å². The van der Waals surface area contributed by atoms with E-state index in [4.69, 9.17) is 10.0 Å². The molecule has 0 aliphatic rings. The largest absolute Gasteiger partial charge is 0.707 e. The van der Waals surface area contributed by atoms with Gasteiger partial charge in [0.25, 0.3) is 11.8 Å². The number of carbonyl (C=O) groups excluding carboxylic acids is 2. The Morgan fingerprint density at radius 2 is 1.73 bits per heavy atom. The summed E-state index contributed by atoms with van der Waals surface area (Å²) in [6, 6.07) is 8.39. The molecule has 0 aliphatic heterocycles. The maximum atomic E-state index is 14.6. The minimum absolute atomic E-state index is 0.152. The Hall–Kier alpha value is -2.91. The summed E-state index contributed by atoms with van der Waals surface area (Å²) in [5.74, 6) is -2.26. The molecule has 1 atom stereocenters. The summed E-state index contributed by atoms with van der Waals surface area (Å²) < 4.78 is 19.2. The lowest BCUT2D eigenvalue weighted by molar-refractivity contribution is 0.0269. The summed E-state index contributed by atoms with van der Waals surface area (Å²) in [5, 5.41) is 19.1. The Balaban J connectivity index is 2.45. The monoisotopic (exact) mass is 458 g/mol. The van der Waals surface area contributed by atoms with E-state index >= 15 is 0 Å². The van der Waals surface area contributed by atoms with E-state index in [2.05, 4.69) is 10.1 Å². The first-order chi connectivity index (χ1) is 15.3. The first kappa shape index (κ1) is 26.3. The number of nitrogens with zero attached hydrogens (tertiary/aromatic N) is 1. The van der Waals surface area contributed by atoms with Gasteiger partial charge < -0.3 is 14.7 Å². The molecule has 2 aromatic rings. The number of nitrogens with one attached hydrogen (secondary N) is 1. The molecular formula is C24H32BFN2O5. The fourth-order valence-corrected chi connectivity index (χ4v) is 3.77. The van der Waals surface area contributed by atoms with Gasteiger partial charge in [-0.1, -0.05) is 51.3 Å². The predicted molar refractivity (Wildman–Crippen MR) is 125 cm³/mol. The van der Waals surface area contributed by atoms with E-state index in [9.17, 15) is 14.0 Å². The SMILES string of the molecule is CCC[C@@H](N(NC(=O)c1ccc(OB(O)O)cc1F)C(=O)c1cc(C)cc(C)c1)C(C)(C)C. The van der Waals surface area contributed by atoms with Gasteiger partial charge in [-0.3, -0.25) is 15.0 Å². The molecule has 0 unspecified atom stereocenters. The third kappa shape index (κ3) is 7.04. The van der Waals surface area contributed by atoms with Crippen molar-refractivity contribution in [3.63, 3.8) is 0 Å². The second kappa shape index (κ2) is 10.8. The molecule has 3 N–H and O–H groups in total. The molecule has 0 aromatic heterocycles. The Labute approximate surface area is 194 Å².